The lowest BCUT2D eigenvalue weighted by atomic mass is 10.0. The Morgan fingerprint density at radius 1 is 1.16 bits per heavy atom. The summed E-state index contributed by atoms with van der Waals surface area (Å²) in [4.78, 5) is 10.6. The van der Waals surface area contributed by atoms with Crippen molar-refractivity contribution in [2.24, 2.45) is 0 Å². The first-order valence-corrected chi connectivity index (χ1v) is 5.80. The Labute approximate surface area is 110 Å². The normalized spacial score (nSPS) is 10.9. The summed E-state index contributed by atoms with van der Waals surface area (Å²) < 4.78 is 0. The molecule has 0 fully saturated rings. The molecule has 0 bridgehead atoms. The molecule has 0 aliphatic carbocycles. The monoisotopic (exact) mass is 255 g/mol. The Bertz CT molecular complexity index is 703. The van der Waals surface area contributed by atoms with Crippen LogP contribution in [0.25, 0.3) is 10.8 Å². The van der Waals surface area contributed by atoms with Gasteiger partial charge in [0.2, 0.25) is 0 Å². The number of aliphatic hydroxyl groups is 1. The third-order valence-electron chi connectivity index (χ3n) is 2.60. The topological polar surface area (TPSA) is 63.4 Å². The van der Waals surface area contributed by atoms with Gasteiger partial charge in [-0.05, 0) is 26.0 Å². The number of hydrogen-bond acceptors (Lipinski definition) is 3. The van der Waals surface area contributed by atoms with E-state index in [1.54, 1.807) is 44.2 Å². The predicted octanol–water partition coefficient (Wildman–Crippen LogP) is 2.87. The number of nitrogens with zero attached hydrogens (tertiary/aromatic N) is 1. The molecule has 4 heteroatoms. The first kappa shape index (κ1) is 13.1. The van der Waals surface area contributed by atoms with E-state index in [1.807, 2.05) is 0 Å². The lowest BCUT2D eigenvalue weighted by molar-refractivity contribution is -0.383. The second kappa shape index (κ2) is 4.71. The van der Waals surface area contributed by atoms with E-state index in [-0.39, 0.29) is 5.69 Å². The molecular formula is C15H13NO3. The van der Waals surface area contributed by atoms with E-state index < -0.39 is 10.5 Å². The fourth-order valence-electron chi connectivity index (χ4n) is 1.78. The maximum Gasteiger partial charge on any atom is 0.277 e. The molecular weight excluding hydrogens is 242 g/mol. The summed E-state index contributed by atoms with van der Waals surface area (Å²) in [5, 5.41) is 21.9. The van der Waals surface area contributed by atoms with Crippen LogP contribution in [-0.2, 0) is 0 Å². The van der Waals surface area contributed by atoms with Crippen molar-refractivity contribution in [1.82, 2.24) is 0 Å². The van der Waals surface area contributed by atoms with Gasteiger partial charge in [-0.1, -0.05) is 30.0 Å². The van der Waals surface area contributed by atoms with Crippen LogP contribution in [0, 0.1) is 22.0 Å². The fraction of sp³-hybridized carbons (Fsp3) is 0.200. The standard InChI is InChI=1S/C15H13NO3/c1-15(2,17)10-9-11-5-3-7-13-12(11)6-4-8-14(13)16(18)19/h3-8,17H,1-2H3. The molecule has 0 heterocycles. The highest BCUT2D eigenvalue weighted by Gasteiger charge is 2.12. The van der Waals surface area contributed by atoms with Crippen molar-refractivity contribution >= 4 is 16.5 Å². The molecule has 0 spiro atoms. The van der Waals surface area contributed by atoms with Gasteiger partial charge in [-0.15, -0.1) is 0 Å². The van der Waals surface area contributed by atoms with Gasteiger partial charge in [0.15, 0.2) is 0 Å². The molecule has 4 nitrogen and oxygen atoms in total. The average Bonchev–Trinajstić information content (AvgIpc) is 2.34. The number of benzene rings is 2. The van der Waals surface area contributed by atoms with Crippen molar-refractivity contribution < 1.29 is 10.0 Å². The number of fused-ring (bicyclic) bond motifs is 1. The Hall–Kier alpha value is -2.38. The molecule has 0 atom stereocenters. The number of hydrogen-bond donors (Lipinski definition) is 1. The molecule has 0 aliphatic rings. The summed E-state index contributed by atoms with van der Waals surface area (Å²) in [6, 6.07) is 10.1. The molecule has 2 aromatic carbocycles. The number of rotatable bonds is 1. The molecule has 0 aromatic heterocycles. The number of nitro groups is 1. The van der Waals surface area contributed by atoms with E-state index >= 15 is 0 Å². The Morgan fingerprint density at radius 2 is 1.79 bits per heavy atom. The van der Waals surface area contributed by atoms with Crippen LogP contribution in [0.5, 0.6) is 0 Å². The van der Waals surface area contributed by atoms with Crippen LogP contribution in [0.3, 0.4) is 0 Å². The van der Waals surface area contributed by atoms with Gasteiger partial charge in [-0.3, -0.25) is 10.1 Å². The van der Waals surface area contributed by atoms with E-state index in [4.69, 9.17) is 0 Å². The highest BCUT2D eigenvalue weighted by molar-refractivity contribution is 5.94. The minimum absolute atomic E-state index is 0.0596. The average molecular weight is 255 g/mol. The Kier molecular flexibility index (Phi) is 3.24. The molecule has 0 saturated heterocycles. The smallest absolute Gasteiger partial charge is 0.277 e. The van der Waals surface area contributed by atoms with Gasteiger partial charge < -0.3 is 5.11 Å². The molecule has 2 rings (SSSR count). The van der Waals surface area contributed by atoms with Crippen molar-refractivity contribution in [2.45, 2.75) is 19.4 Å². The predicted molar refractivity (Wildman–Crippen MR) is 73.8 cm³/mol. The van der Waals surface area contributed by atoms with Crippen LogP contribution in [-0.4, -0.2) is 15.6 Å². The summed E-state index contributed by atoms with van der Waals surface area (Å²) in [7, 11) is 0. The minimum atomic E-state index is -1.09. The van der Waals surface area contributed by atoms with Crippen LogP contribution in [0.1, 0.15) is 19.4 Å². The summed E-state index contributed by atoms with van der Waals surface area (Å²) in [6.07, 6.45) is 0. The second-order valence-electron chi connectivity index (χ2n) is 4.74. The van der Waals surface area contributed by atoms with Crippen LogP contribution >= 0.6 is 0 Å². The first-order valence-electron chi connectivity index (χ1n) is 5.80. The summed E-state index contributed by atoms with van der Waals surface area (Å²) in [5.41, 5.74) is -0.365. The zero-order valence-electron chi connectivity index (χ0n) is 10.7. The molecule has 0 saturated carbocycles. The van der Waals surface area contributed by atoms with Gasteiger partial charge in [-0.2, -0.15) is 0 Å². The van der Waals surface area contributed by atoms with Crippen LogP contribution in [0.2, 0.25) is 0 Å². The molecule has 96 valence electrons. The van der Waals surface area contributed by atoms with Gasteiger partial charge >= 0.3 is 0 Å². The van der Waals surface area contributed by atoms with Crippen molar-refractivity contribution in [3.05, 3.63) is 52.1 Å². The highest BCUT2D eigenvalue weighted by atomic mass is 16.6. The summed E-state index contributed by atoms with van der Waals surface area (Å²) >= 11 is 0. The van der Waals surface area contributed by atoms with Crippen LogP contribution < -0.4 is 0 Å². The SMILES string of the molecule is CC(C)(O)C#Cc1cccc2c([N+](=O)[O-])cccc12. The molecule has 0 aliphatic heterocycles. The van der Waals surface area contributed by atoms with Gasteiger partial charge in [0.1, 0.15) is 5.60 Å². The highest BCUT2D eigenvalue weighted by Crippen LogP contribution is 2.27. The van der Waals surface area contributed by atoms with Gasteiger partial charge in [0, 0.05) is 17.0 Å². The molecule has 19 heavy (non-hydrogen) atoms. The van der Waals surface area contributed by atoms with Gasteiger partial charge in [-0.25, -0.2) is 0 Å². The van der Waals surface area contributed by atoms with Crippen LogP contribution in [0.4, 0.5) is 5.69 Å². The van der Waals surface area contributed by atoms with Crippen LogP contribution in [0.15, 0.2) is 36.4 Å². The molecule has 0 radical (unpaired) electrons. The third-order valence-corrected chi connectivity index (χ3v) is 2.60. The molecule has 0 amide bonds. The zero-order chi connectivity index (χ0) is 14.0. The van der Waals surface area contributed by atoms with Gasteiger partial charge in [0.25, 0.3) is 5.69 Å². The van der Waals surface area contributed by atoms with Crippen molar-refractivity contribution in [1.29, 1.82) is 0 Å². The van der Waals surface area contributed by atoms with Crippen molar-refractivity contribution in [3.8, 4) is 11.8 Å². The van der Waals surface area contributed by atoms with Crippen molar-refractivity contribution in [3.63, 3.8) is 0 Å². The number of nitro benzene ring substituents is 1. The molecule has 2 aromatic rings. The Morgan fingerprint density at radius 3 is 2.42 bits per heavy atom. The van der Waals surface area contributed by atoms with E-state index in [2.05, 4.69) is 11.8 Å². The molecule has 0 unspecified atom stereocenters. The summed E-state index contributed by atoms with van der Waals surface area (Å²) in [5.74, 6) is 5.59. The van der Waals surface area contributed by atoms with E-state index in [0.717, 1.165) is 0 Å². The largest absolute Gasteiger partial charge is 0.378 e. The lowest BCUT2D eigenvalue weighted by Crippen LogP contribution is -2.14. The summed E-state index contributed by atoms with van der Waals surface area (Å²) in [6.45, 7) is 3.18. The van der Waals surface area contributed by atoms with E-state index in [1.165, 1.54) is 6.07 Å². The maximum atomic E-state index is 11.0. The molecule has 1 N–H and O–H groups in total. The van der Waals surface area contributed by atoms with Gasteiger partial charge in [0.05, 0.1) is 10.3 Å². The number of non-ortho nitro benzene ring substituents is 1. The fourth-order valence-corrected chi connectivity index (χ4v) is 1.78. The Balaban J connectivity index is 2.67. The second-order valence-corrected chi connectivity index (χ2v) is 4.74. The quantitative estimate of drug-likeness (QED) is 0.484. The first-order chi connectivity index (χ1) is 8.88. The lowest BCUT2D eigenvalue weighted by Gasteiger charge is -2.06. The van der Waals surface area contributed by atoms with E-state index in [9.17, 15) is 15.2 Å². The van der Waals surface area contributed by atoms with Crippen molar-refractivity contribution in [2.75, 3.05) is 0 Å². The zero-order valence-corrected chi connectivity index (χ0v) is 10.7. The van der Waals surface area contributed by atoms with E-state index in [0.29, 0.717) is 16.3 Å². The maximum absolute atomic E-state index is 11.0. The third kappa shape index (κ3) is 2.90. The minimum Gasteiger partial charge on any atom is -0.378 e.